The standard InChI is InChI=1S/C19H21ClN2O2/c1-13-11-14(12-21-17(13)24-2)22-18(23)19(9-5-6-10-19)15-7-3-4-8-16(15)20/h3-4,7-8,11-12H,5-6,9-10H2,1-2H3,(H,22,23). The molecule has 126 valence electrons. The molecular formula is C19H21ClN2O2. The van der Waals surface area contributed by atoms with E-state index in [1.165, 1.54) is 0 Å². The maximum Gasteiger partial charge on any atom is 0.235 e. The zero-order valence-corrected chi connectivity index (χ0v) is 14.7. The minimum Gasteiger partial charge on any atom is -0.481 e. The number of carbonyl (C=O) groups is 1. The van der Waals surface area contributed by atoms with Crippen molar-refractivity contribution in [2.24, 2.45) is 0 Å². The van der Waals surface area contributed by atoms with Crippen LogP contribution < -0.4 is 10.1 Å². The van der Waals surface area contributed by atoms with Gasteiger partial charge < -0.3 is 10.1 Å². The molecule has 4 nitrogen and oxygen atoms in total. The summed E-state index contributed by atoms with van der Waals surface area (Å²) in [5.74, 6) is 0.550. The van der Waals surface area contributed by atoms with Crippen molar-refractivity contribution in [2.45, 2.75) is 38.0 Å². The molecule has 1 fully saturated rings. The van der Waals surface area contributed by atoms with Gasteiger partial charge in [-0.05, 0) is 37.5 Å². The van der Waals surface area contributed by atoms with Crippen LogP contribution in [0.1, 0.15) is 36.8 Å². The van der Waals surface area contributed by atoms with Crippen molar-refractivity contribution in [3.8, 4) is 5.88 Å². The third-order valence-corrected chi connectivity index (χ3v) is 5.09. The Hall–Kier alpha value is -2.07. The van der Waals surface area contributed by atoms with E-state index >= 15 is 0 Å². The van der Waals surface area contributed by atoms with Crippen LogP contribution in [0.15, 0.2) is 36.5 Å². The van der Waals surface area contributed by atoms with Crippen molar-refractivity contribution in [3.05, 3.63) is 52.7 Å². The lowest BCUT2D eigenvalue weighted by atomic mass is 9.78. The van der Waals surface area contributed by atoms with Crippen LogP contribution >= 0.6 is 11.6 Å². The van der Waals surface area contributed by atoms with Gasteiger partial charge in [0.05, 0.1) is 24.4 Å². The summed E-state index contributed by atoms with van der Waals surface area (Å²) in [6, 6.07) is 9.52. The van der Waals surface area contributed by atoms with Gasteiger partial charge in [-0.15, -0.1) is 0 Å². The van der Waals surface area contributed by atoms with Crippen molar-refractivity contribution in [1.82, 2.24) is 4.98 Å². The molecule has 0 atom stereocenters. The molecule has 1 heterocycles. The molecule has 5 heteroatoms. The predicted octanol–water partition coefficient (Wildman–Crippen LogP) is 4.50. The second-order valence-corrected chi connectivity index (χ2v) is 6.68. The normalized spacial score (nSPS) is 16.0. The molecule has 1 aromatic carbocycles. The van der Waals surface area contributed by atoms with Gasteiger partial charge >= 0.3 is 0 Å². The lowest BCUT2D eigenvalue weighted by Crippen LogP contribution is -2.38. The zero-order chi connectivity index (χ0) is 17.2. The maximum atomic E-state index is 13.1. The number of ether oxygens (including phenoxy) is 1. The molecule has 1 saturated carbocycles. The highest BCUT2D eigenvalue weighted by molar-refractivity contribution is 6.31. The summed E-state index contributed by atoms with van der Waals surface area (Å²) >= 11 is 6.40. The first-order valence-electron chi connectivity index (χ1n) is 8.14. The fourth-order valence-electron chi connectivity index (χ4n) is 3.54. The Kier molecular flexibility index (Phi) is 4.76. The van der Waals surface area contributed by atoms with Gasteiger partial charge in [0.15, 0.2) is 0 Å². The first kappa shape index (κ1) is 16.8. The monoisotopic (exact) mass is 344 g/mol. The fraction of sp³-hybridized carbons (Fsp3) is 0.368. The molecule has 1 aliphatic carbocycles. The maximum absolute atomic E-state index is 13.1. The Morgan fingerprint density at radius 3 is 2.62 bits per heavy atom. The van der Waals surface area contributed by atoms with Crippen molar-refractivity contribution in [3.63, 3.8) is 0 Å². The Labute approximate surface area is 147 Å². The third-order valence-electron chi connectivity index (χ3n) is 4.76. The van der Waals surface area contributed by atoms with Gasteiger partial charge in [-0.3, -0.25) is 4.79 Å². The first-order valence-corrected chi connectivity index (χ1v) is 8.52. The Morgan fingerprint density at radius 1 is 1.29 bits per heavy atom. The minimum atomic E-state index is -0.563. The molecule has 0 radical (unpaired) electrons. The first-order chi connectivity index (χ1) is 11.6. The number of anilines is 1. The number of carbonyl (C=O) groups excluding carboxylic acids is 1. The van der Waals surface area contributed by atoms with Crippen LogP contribution in [-0.4, -0.2) is 18.0 Å². The average Bonchev–Trinajstić information content (AvgIpc) is 3.06. The number of pyridine rings is 1. The highest BCUT2D eigenvalue weighted by Crippen LogP contribution is 2.44. The molecule has 0 saturated heterocycles. The molecule has 1 aromatic heterocycles. The topological polar surface area (TPSA) is 51.2 Å². The van der Waals surface area contributed by atoms with Gasteiger partial charge in [0.2, 0.25) is 11.8 Å². The van der Waals surface area contributed by atoms with Gasteiger partial charge in [-0.2, -0.15) is 0 Å². The van der Waals surface area contributed by atoms with Crippen LogP contribution in [0, 0.1) is 6.92 Å². The molecular weight excluding hydrogens is 324 g/mol. The molecule has 0 spiro atoms. The van der Waals surface area contributed by atoms with Crippen LogP contribution in [0.2, 0.25) is 5.02 Å². The number of rotatable bonds is 4. The van der Waals surface area contributed by atoms with Gasteiger partial charge in [0.1, 0.15) is 0 Å². The van der Waals surface area contributed by atoms with E-state index in [4.69, 9.17) is 16.3 Å². The van der Waals surface area contributed by atoms with Gasteiger partial charge in [-0.25, -0.2) is 4.98 Å². The van der Waals surface area contributed by atoms with Crippen molar-refractivity contribution >= 4 is 23.2 Å². The SMILES string of the molecule is COc1ncc(NC(=O)C2(c3ccccc3Cl)CCCC2)cc1C. The summed E-state index contributed by atoms with van der Waals surface area (Å²) in [5, 5.41) is 3.68. The van der Waals surface area contributed by atoms with Crippen molar-refractivity contribution in [2.75, 3.05) is 12.4 Å². The number of amides is 1. The Morgan fingerprint density at radius 2 is 2.00 bits per heavy atom. The number of aryl methyl sites for hydroxylation is 1. The number of benzene rings is 1. The van der Waals surface area contributed by atoms with E-state index in [2.05, 4.69) is 10.3 Å². The summed E-state index contributed by atoms with van der Waals surface area (Å²) < 4.78 is 5.17. The number of aromatic nitrogens is 1. The van der Waals surface area contributed by atoms with Crippen molar-refractivity contribution in [1.29, 1.82) is 0 Å². The zero-order valence-electron chi connectivity index (χ0n) is 13.9. The largest absolute Gasteiger partial charge is 0.481 e. The van der Waals surface area contributed by atoms with Gasteiger partial charge in [0, 0.05) is 10.6 Å². The predicted molar refractivity (Wildman–Crippen MR) is 95.8 cm³/mol. The number of methoxy groups -OCH3 is 1. The smallest absolute Gasteiger partial charge is 0.235 e. The van der Waals surface area contributed by atoms with E-state index in [0.29, 0.717) is 16.6 Å². The Bertz CT molecular complexity index is 755. The average molecular weight is 345 g/mol. The number of nitrogens with zero attached hydrogens (tertiary/aromatic N) is 1. The van der Waals surface area contributed by atoms with E-state index in [-0.39, 0.29) is 5.91 Å². The molecule has 0 aliphatic heterocycles. The third kappa shape index (κ3) is 2.98. The van der Waals surface area contributed by atoms with Crippen LogP contribution in [0.4, 0.5) is 5.69 Å². The number of halogens is 1. The van der Waals surface area contributed by atoms with E-state index in [1.54, 1.807) is 13.3 Å². The summed E-state index contributed by atoms with van der Waals surface area (Å²) in [7, 11) is 1.58. The van der Waals surface area contributed by atoms with E-state index < -0.39 is 5.41 Å². The quantitative estimate of drug-likeness (QED) is 0.888. The van der Waals surface area contributed by atoms with Crippen LogP contribution in [-0.2, 0) is 10.2 Å². The molecule has 0 bridgehead atoms. The lowest BCUT2D eigenvalue weighted by Gasteiger charge is -2.29. The molecule has 1 amide bonds. The van der Waals surface area contributed by atoms with Crippen LogP contribution in [0.25, 0.3) is 0 Å². The highest BCUT2D eigenvalue weighted by atomic mass is 35.5. The van der Waals surface area contributed by atoms with Gasteiger partial charge in [-0.1, -0.05) is 42.6 Å². The van der Waals surface area contributed by atoms with E-state index in [0.717, 1.165) is 36.8 Å². The van der Waals surface area contributed by atoms with E-state index in [1.807, 2.05) is 37.3 Å². The second kappa shape index (κ2) is 6.81. The number of hydrogen-bond acceptors (Lipinski definition) is 3. The van der Waals surface area contributed by atoms with Gasteiger partial charge in [0.25, 0.3) is 0 Å². The summed E-state index contributed by atoms with van der Waals surface area (Å²) in [4.78, 5) is 17.4. The van der Waals surface area contributed by atoms with Crippen LogP contribution in [0.3, 0.4) is 0 Å². The molecule has 1 aliphatic rings. The molecule has 1 N–H and O–H groups in total. The van der Waals surface area contributed by atoms with E-state index in [9.17, 15) is 4.79 Å². The minimum absolute atomic E-state index is 0.0144. The summed E-state index contributed by atoms with van der Waals surface area (Å²) in [5.41, 5.74) is 1.91. The molecule has 24 heavy (non-hydrogen) atoms. The molecule has 2 aromatic rings. The van der Waals surface area contributed by atoms with Crippen molar-refractivity contribution < 1.29 is 9.53 Å². The summed E-state index contributed by atoms with van der Waals surface area (Å²) in [6.45, 7) is 1.90. The molecule has 3 rings (SSSR count). The fourth-order valence-corrected chi connectivity index (χ4v) is 3.86. The summed E-state index contributed by atoms with van der Waals surface area (Å²) in [6.07, 6.45) is 5.30. The number of nitrogens with one attached hydrogen (secondary N) is 1. The second-order valence-electron chi connectivity index (χ2n) is 6.27. The lowest BCUT2D eigenvalue weighted by molar-refractivity contribution is -0.121. The highest BCUT2D eigenvalue weighted by Gasteiger charge is 2.43. The van der Waals surface area contributed by atoms with Crippen LogP contribution in [0.5, 0.6) is 5.88 Å². The molecule has 0 unspecified atom stereocenters. The Balaban J connectivity index is 1.91. The number of hydrogen-bond donors (Lipinski definition) is 1.